The van der Waals surface area contributed by atoms with Crippen LogP contribution in [0.3, 0.4) is 0 Å². The van der Waals surface area contributed by atoms with Gasteiger partial charge in [-0.1, -0.05) is 31.9 Å². The number of unbranched alkanes of at least 4 members (excludes halogenated alkanes) is 3. The maximum atomic E-state index is 11.6. The SMILES string of the molecule is CCCC/C=C/CCCC(=O)NCCN(CC(=O)O)C(O)CO. The van der Waals surface area contributed by atoms with Crippen LogP contribution in [0.5, 0.6) is 0 Å². The van der Waals surface area contributed by atoms with Crippen LogP contribution in [0.2, 0.25) is 0 Å². The lowest BCUT2D eigenvalue weighted by Gasteiger charge is -2.24. The quantitative estimate of drug-likeness (QED) is 0.212. The Kier molecular flexibility index (Phi) is 13.3. The Balaban J connectivity index is 3.82. The number of amides is 1. The number of carboxylic acid groups (broad SMARTS) is 1. The first-order valence-corrected chi connectivity index (χ1v) is 8.17. The van der Waals surface area contributed by atoms with Crippen molar-refractivity contribution >= 4 is 11.9 Å². The number of aliphatic hydroxyl groups is 2. The molecule has 0 aliphatic carbocycles. The van der Waals surface area contributed by atoms with Crippen molar-refractivity contribution in [3.8, 4) is 0 Å². The molecule has 0 aliphatic heterocycles. The lowest BCUT2D eigenvalue weighted by molar-refractivity contribution is -0.142. The predicted octanol–water partition coefficient (Wildman–Crippen LogP) is 0.717. The number of nitrogens with zero attached hydrogens (tertiary/aromatic N) is 1. The maximum absolute atomic E-state index is 11.6. The summed E-state index contributed by atoms with van der Waals surface area (Å²) in [5.74, 6) is -1.19. The van der Waals surface area contributed by atoms with Crippen molar-refractivity contribution in [2.24, 2.45) is 0 Å². The van der Waals surface area contributed by atoms with Crippen molar-refractivity contribution in [2.75, 3.05) is 26.2 Å². The molecule has 0 saturated carbocycles. The second-order valence-electron chi connectivity index (χ2n) is 5.38. The van der Waals surface area contributed by atoms with Crippen LogP contribution in [0.4, 0.5) is 0 Å². The standard InChI is InChI=1S/C16H30N2O5/c1-2-3-4-5-6-7-8-9-14(20)17-10-11-18(12-16(22)23)15(21)13-19/h5-6,15,19,21H,2-4,7-13H2,1H3,(H,17,20)(H,22,23)/b6-5+. The number of hydrogen-bond acceptors (Lipinski definition) is 5. The summed E-state index contributed by atoms with van der Waals surface area (Å²) in [5, 5.41) is 29.8. The van der Waals surface area contributed by atoms with Gasteiger partial charge in [0.1, 0.15) is 6.23 Å². The molecule has 0 aromatic rings. The fourth-order valence-electron chi connectivity index (χ4n) is 1.99. The second kappa shape index (κ2) is 14.2. The first-order valence-electron chi connectivity index (χ1n) is 8.17. The molecular formula is C16H30N2O5. The Morgan fingerprint density at radius 1 is 1.22 bits per heavy atom. The number of hydrogen-bond donors (Lipinski definition) is 4. The third-order valence-corrected chi connectivity index (χ3v) is 3.31. The van der Waals surface area contributed by atoms with Gasteiger partial charge in [-0.25, -0.2) is 0 Å². The van der Waals surface area contributed by atoms with Gasteiger partial charge in [0.15, 0.2) is 0 Å². The van der Waals surface area contributed by atoms with Gasteiger partial charge in [0.2, 0.25) is 5.91 Å². The monoisotopic (exact) mass is 330 g/mol. The molecule has 0 spiro atoms. The van der Waals surface area contributed by atoms with Crippen LogP contribution in [-0.4, -0.2) is 64.6 Å². The summed E-state index contributed by atoms with van der Waals surface area (Å²) in [7, 11) is 0. The molecule has 0 aliphatic rings. The van der Waals surface area contributed by atoms with Crippen LogP contribution in [0.25, 0.3) is 0 Å². The van der Waals surface area contributed by atoms with Crippen LogP contribution in [0.15, 0.2) is 12.2 Å². The summed E-state index contributed by atoms with van der Waals surface area (Å²) >= 11 is 0. The summed E-state index contributed by atoms with van der Waals surface area (Å²) in [5.41, 5.74) is 0. The van der Waals surface area contributed by atoms with E-state index in [1.165, 1.54) is 17.7 Å². The van der Waals surface area contributed by atoms with E-state index in [2.05, 4.69) is 24.4 Å². The molecular weight excluding hydrogens is 300 g/mol. The number of nitrogens with one attached hydrogen (secondary N) is 1. The molecule has 23 heavy (non-hydrogen) atoms. The Bertz CT molecular complexity index is 360. The van der Waals surface area contributed by atoms with E-state index in [0.717, 1.165) is 19.3 Å². The summed E-state index contributed by atoms with van der Waals surface area (Å²) < 4.78 is 0. The highest BCUT2D eigenvalue weighted by Gasteiger charge is 2.17. The summed E-state index contributed by atoms with van der Waals surface area (Å²) in [6.07, 6.45) is 8.49. The van der Waals surface area contributed by atoms with E-state index < -0.39 is 18.8 Å². The fraction of sp³-hybridized carbons (Fsp3) is 0.750. The third kappa shape index (κ3) is 12.8. The minimum absolute atomic E-state index is 0.0966. The van der Waals surface area contributed by atoms with E-state index in [-0.39, 0.29) is 25.5 Å². The van der Waals surface area contributed by atoms with Gasteiger partial charge in [0, 0.05) is 19.5 Å². The third-order valence-electron chi connectivity index (χ3n) is 3.31. The topological polar surface area (TPSA) is 110 Å². The zero-order valence-electron chi connectivity index (χ0n) is 13.9. The van der Waals surface area contributed by atoms with Gasteiger partial charge >= 0.3 is 5.97 Å². The van der Waals surface area contributed by atoms with Crippen molar-refractivity contribution < 1.29 is 24.9 Å². The highest BCUT2D eigenvalue weighted by Crippen LogP contribution is 2.00. The smallest absolute Gasteiger partial charge is 0.317 e. The molecule has 134 valence electrons. The number of carbonyl (C=O) groups excluding carboxylic acids is 1. The largest absolute Gasteiger partial charge is 0.480 e. The molecule has 0 bridgehead atoms. The van der Waals surface area contributed by atoms with Gasteiger partial charge in [0.25, 0.3) is 0 Å². The maximum Gasteiger partial charge on any atom is 0.317 e. The van der Waals surface area contributed by atoms with Crippen molar-refractivity contribution in [1.82, 2.24) is 10.2 Å². The summed E-state index contributed by atoms with van der Waals surface area (Å²) in [6, 6.07) is 0. The molecule has 0 rings (SSSR count). The Labute approximate surface area is 138 Å². The Hall–Kier alpha value is -1.44. The lowest BCUT2D eigenvalue weighted by atomic mass is 10.2. The molecule has 7 nitrogen and oxygen atoms in total. The van der Waals surface area contributed by atoms with Crippen LogP contribution in [0, 0.1) is 0 Å². The number of rotatable bonds is 14. The van der Waals surface area contributed by atoms with Gasteiger partial charge in [-0.3, -0.25) is 14.5 Å². The van der Waals surface area contributed by atoms with Crippen molar-refractivity contribution in [1.29, 1.82) is 0 Å². The second-order valence-corrected chi connectivity index (χ2v) is 5.38. The van der Waals surface area contributed by atoms with Crippen LogP contribution in [0.1, 0.15) is 45.4 Å². The summed E-state index contributed by atoms with van der Waals surface area (Å²) in [4.78, 5) is 23.5. The van der Waals surface area contributed by atoms with E-state index in [0.29, 0.717) is 6.42 Å². The molecule has 1 amide bonds. The minimum atomic E-state index is -1.24. The number of carbonyl (C=O) groups is 2. The van der Waals surface area contributed by atoms with Gasteiger partial charge in [0.05, 0.1) is 13.2 Å². The first-order chi connectivity index (χ1) is 11.0. The predicted molar refractivity (Wildman–Crippen MR) is 87.8 cm³/mol. The normalized spacial score (nSPS) is 12.7. The summed E-state index contributed by atoms with van der Waals surface area (Å²) in [6.45, 7) is 1.60. The fourth-order valence-corrected chi connectivity index (χ4v) is 1.99. The molecule has 0 radical (unpaired) electrons. The highest BCUT2D eigenvalue weighted by molar-refractivity contribution is 5.75. The molecule has 4 N–H and O–H groups in total. The number of allylic oxidation sites excluding steroid dienone is 2. The van der Waals surface area contributed by atoms with E-state index >= 15 is 0 Å². The van der Waals surface area contributed by atoms with Crippen LogP contribution >= 0.6 is 0 Å². The van der Waals surface area contributed by atoms with Crippen molar-refractivity contribution in [2.45, 2.75) is 51.7 Å². The van der Waals surface area contributed by atoms with E-state index in [1.807, 2.05) is 0 Å². The zero-order chi connectivity index (χ0) is 17.5. The van der Waals surface area contributed by atoms with E-state index in [1.54, 1.807) is 0 Å². The molecule has 0 fully saturated rings. The van der Waals surface area contributed by atoms with E-state index in [9.17, 15) is 14.7 Å². The van der Waals surface area contributed by atoms with Crippen molar-refractivity contribution in [3.05, 3.63) is 12.2 Å². The Morgan fingerprint density at radius 2 is 1.87 bits per heavy atom. The first kappa shape index (κ1) is 21.6. The Morgan fingerprint density at radius 3 is 2.43 bits per heavy atom. The highest BCUT2D eigenvalue weighted by atomic mass is 16.4. The number of aliphatic carboxylic acids is 1. The van der Waals surface area contributed by atoms with E-state index in [4.69, 9.17) is 10.2 Å². The molecule has 1 atom stereocenters. The number of carboxylic acids is 1. The molecule has 1 unspecified atom stereocenters. The molecule has 0 saturated heterocycles. The average molecular weight is 330 g/mol. The zero-order valence-corrected chi connectivity index (χ0v) is 13.9. The van der Waals surface area contributed by atoms with Crippen LogP contribution < -0.4 is 5.32 Å². The minimum Gasteiger partial charge on any atom is -0.480 e. The lowest BCUT2D eigenvalue weighted by Crippen LogP contribution is -2.45. The molecule has 0 aromatic carbocycles. The molecule has 0 aromatic heterocycles. The van der Waals surface area contributed by atoms with Gasteiger partial charge in [-0.2, -0.15) is 0 Å². The van der Waals surface area contributed by atoms with Crippen LogP contribution in [-0.2, 0) is 9.59 Å². The van der Waals surface area contributed by atoms with Crippen molar-refractivity contribution in [3.63, 3.8) is 0 Å². The van der Waals surface area contributed by atoms with Gasteiger partial charge in [-0.05, 0) is 19.3 Å². The van der Waals surface area contributed by atoms with Gasteiger partial charge < -0.3 is 20.6 Å². The molecule has 7 heteroatoms. The van der Waals surface area contributed by atoms with Gasteiger partial charge in [-0.15, -0.1) is 0 Å². The molecule has 0 heterocycles. The average Bonchev–Trinajstić information content (AvgIpc) is 2.52. The number of aliphatic hydroxyl groups excluding tert-OH is 2.